The maximum atomic E-state index is 13.2. The van der Waals surface area contributed by atoms with Crippen molar-refractivity contribution in [3.63, 3.8) is 0 Å². The summed E-state index contributed by atoms with van der Waals surface area (Å²) in [6, 6.07) is 7.04. The number of anilines is 1. The Morgan fingerprint density at radius 2 is 1.74 bits per heavy atom. The Bertz CT molecular complexity index is 1220. The molecule has 0 saturated carbocycles. The van der Waals surface area contributed by atoms with E-state index >= 15 is 0 Å². The van der Waals surface area contributed by atoms with E-state index in [4.69, 9.17) is 11.6 Å². The summed E-state index contributed by atoms with van der Waals surface area (Å²) in [7, 11) is 0. The molecule has 0 aromatic heterocycles. The molecule has 5 nitrogen and oxygen atoms in total. The minimum atomic E-state index is -4.66. The van der Waals surface area contributed by atoms with Crippen LogP contribution in [0, 0.1) is 5.41 Å². The Hall–Kier alpha value is -2.73. The minimum absolute atomic E-state index is 0.00508. The predicted octanol–water partition coefficient (Wildman–Crippen LogP) is 6.75. The molecule has 2 aromatic carbocycles. The normalized spacial score (nSPS) is 17.9. The summed E-state index contributed by atoms with van der Waals surface area (Å²) in [6.45, 7) is 1.04. The van der Waals surface area contributed by atoms with E-state index in [0.717, 1.165) is 42.2 Å². The summed E-state index contributed by atoms with van der Waals surface area (Å²) < 4.78 is 78.0. The van der Waals surface area contributed by atoms with Crippen LogP contribution in [0.1, 0.15) is 36.5 Å². The van der Waals surface area contributed by atoms with Gasteiger partial charge < -0.3 is 5.32 Å². The molecule has 1 heterocycles. The quantitative estimate of drug-likeness (QED) is 0.264. The Morgan fingerprint density at radius 1 is 1.08 bits per heavy atom. The second kappa shape index (κ2) is 11.6. The van der Waals surface area contributed by atoms with Crippen LogP contribution >= 0.6 is 23.4 Å². The fraction of sp³-hybridized carbons (Fsp3) is 0.400. The van der Waals surface area contributed by atoms with Gasteiger partial charge in [-0.3, -0.25) is 14.6 Å². The third kappa shape index (κ3) is 6.82. The van der Waals surface area contributed by atoms with E-state index in [0.29, 0.717) is 12.8 Å². The van der Waals surface area contributed by atoms with Crippen LogP contribution in [-0.2, 0) is 21.9 Å². The highest BCUT2D eigenvalue weighted by Gasteiger charge is 2.47. The SMILES string of the molecule is CSCCCC1(C(C)=O)CN(CC(=O)Nc2ccc(C(F)(F)F)cc2)N=C1c1ccc(C(F)(F)F)c(Cl)c1. The van der Waals surface area contributed by atoms with Crippen molar-refractivity contribution in [3.05, 3.63) is 64.2 Å². The highest BCUT2D eigenvalue weighted by atomic mass is 35.5. The van der Waals surface area contributed by atoms with Crippen LogP contribution < -0.4 is 5.32 Å². The van der Waals surface area contributed by atoms with Crippen LogP contribution in [0.2, 0.25) is 5.02 Å². The van der Waals surface area contributed by atoms with Gasteiger partial charge in [0.1, 0.15) is 12.3 Å². The first-order valence-corrected chi connectivity index (χ1v) is 13.1. The molecule has 3 rings (SSSR count). The number of halogens is 7. The molecule has 1 atom stereocenters. The molecule has 0 aliphatic carbocycles. The number of amides is 1. The molecule has 206 valence electrons. The average Bonchev–Trinajstić information content (AvgIpc) is 3.17. The standard InChI is InChI=1S/C25H24ClF6N3O2S/c1-15(36)23(10-3-11-38-2)14-35(13-21(37)33-18-7-5-17(6-8-18)24(27,28)29)34-22(23)16-4-9-19(20(26)12-16)25(30,31)32/h4-9,12H,3,10-11,13-14H2,1-2H3,(H,33,37). The smallest absolute Gasteiger partial charge is 0.324 e. The summed E-state index contributed by atoms with van der Waals surface area (Å²) in [5.41, 5.74) is -2.50. The maximum Gasteiger partial charge on any atom is 0.417 e. The van der Waals surface area contributed by atoms with Gasteiger partial charge in [0.15, 0.2) is 0 Å². The largest absolute Gasteiger partial charge is 0.417 e. The van der Waals surface area contributed by atoms with Crippen LogP contribution in [0.25, 0.3) is 0 Å². The van der Waals surface area contributed by atoms with Crippen LogP contribution in [0.4, 0.5) is 32.0 Å². The molecule has 38 heavy (non-hydrogen) atoms. The van der Waals surface area contributed by atoms with Gasteiger partial charge in [-0.2, -0.15) is 43.2 Å². The van der Waals surface area contributed by atoms with Gasteiger partial charge in [0.2, 0.25) is 5.91 Å². The Labute approximate surface area is 224 Å². The zero-order valence-electron chi connectivity index (χ0n) is 20.3. The van der Waals surface area contributed by atoms with Crippen molar-refractivity contribution >= 4 is 46.5 Å². The van der Waals surface area contributed by atoms with Gasteiger partial charge in [-0.15, -0.1) is 0 Å². The number of thioether (sulfide) groups is 1. The average molecular weight is 580 g/mol. The minimum Gasteiger partial charge on any atom is -0.324 e. The van der Waals surface area contributed by atoms with Crippen molar-refractivity contribution < 1.29 is 35.9 Å². The number of benzene rings is 2. The summed E-state index contributed by atoms with van der Waals surface area (Å²) >= 11 is 7.50. The van der Waals surface area contributed by atoms with Crippen molar-refractivity contribution in [3.8, 4) is 0 Å². The molecule has 0 spiro atoms. The van der Waals surface area contributed by atoms with Crippen LogP contribution in [0.3, 0.4) is 0 Å². The molecule has 13 heteroatoms. The van der Waals surface area contributed by atoms with Crippen LogP contribution in [-0.4, -0.2) is 47.5 Å². The number of hydrogen-bond donors (Lipinski definition) is 1. The third-order valence-corrected chi connectivity index (χ3v) is 7.15. The number of rotatable bonds is 9. The molecule has 1 unspecified atom stereocenters. The zero-order chi connectivity index (χ0) is 28.3. The molecule has 2 aromatic rings. The highest BCUT2D eigenvalue weighted by molar-refractivity contribution is 7.98. The van der Waals surface area contributed by atoms with E-state index in [9.17, 15) is 35.9 Å². The molecule has 0 fully saturated rings. The van der Waals surface area contributed by atoms with Crippen molar-refractivity contribution in [2.75, 3.05) is 30.4 Å². The van der Waals surface area contributed by atoms with E-state index in [2.05, 4.69) is 10.4 Å². The number of carbonyl (C=O) groups excluding carboxylic acids is 2. The molecule has 1 aliphatic rings. The Morgan fingerprint density at radius 3 is 2.26 bits per heavy atom. The molecular formula is C25H24ClF6N3O2S. The van der Waals surface area contributed by atoms with E-state index in [1.165, 1.54) is 18.0 Å². The lowest BCUT2D eigenvalue weighted by atomic mass is 9.73. The van der Waals surface area contributed by atoms with Crippen molar-refractivity contribution in [2.45, 2.75) is 32.1 Å². The topological polar surface area (TPSA) is 61.8 Å². The first-order valence-electron chi connectivity index (χ1n) is 11.4. The van der Waals surface area contributed by atoms with Gasteiger partial charge >= 0.3 is 12.4 Å². The van der Waals surface area contributed by atoms with Gasteiger partial charge in [0, 0.05) is 11.3 Å². The first kappa shape index (κ1) is 29.8. The predicted molar refractivity (Wildman–Crippen MR) is 135 cm³/mol. The highest BCUT2D eigenvalue weighted by Crippen LogP contribution is 2.40. The van der Waals surface area contributed by atoms with Gasteiger partial charge in [-0.25, -0.2) is 0 Å². The number of alkyl halides is 6. The lowest BCUT2D eigenvalue weighted by Crippen LogP contribution is -2.42. The lowest BCUT2D eigenvalue weighted by Gasteiger charge is -2.28. The first-order chi connectivity index (χ1) is 17.7. The monoisotopic (exact) mass is 579 g/mol. The van der Waals surface area contributed by atoms with E-state index in [-0.39, 0.29) is 35.8 Å². The molecule has 0 bridgehead atoms. The molecule has 1 N–H and O–H groups in total. The number of ketones is 1. The van der Waals surface area contributed by atoms with Crippen LogP contribution in [0.15, 0.2) is 47.6 Å². The molecule has 1 amide bonds. The molecular weight excluding hydrogens is 556 g/mol. The fourth-order valence-corrected chi connectivity index (χ4v) is 4.98. The molecule has 1 aliphatic heterocycles. The van der Waals surface area contributed by atoms with Crippen molar-refractivity contribution in [2.24, 2.45) is 10.5 Å². The second-order valence-corrected chi connectivity index (χ2v) is 10.2. The van der Waals surface area contributed by atoms with Gasteiger partial charge in [0.25, 0.3) is 0 Å². The van der Waals surface area contributed by atoms with E-state index in [1.54, 1.807) is 11.8 Å². The number of Topliss-reactive ketones (excluding diaryl/α,β-unsaturated/α-hetero) is 1. The van der Waals surface area contributed by atoms with Gasteiger partial charge in [0.05, 0.1) is 33.8 Å². The van der Waals surface area contributed by atoms with Gasteiger partial charge in [-0.05, 0) is 68.2 Å². The fourth-order valence-electron chi connectivity index (χ4n) is 4.26. The Balaban J connectivity index is 1.89. The number of hydrogen-bond acceptors (Lipinski definition) is 5. The number of carbonyl (C=O) groups is 2. The Kier molecular flexibility index (Phi) is 9.08. The summed E-state index contributed by atoms with van der Waals surface area (Å²) in [5, 5.41) is 7.73. The summed E-state index contributed by atoms with van der Waals surface area (Å²) in [4.78, 5) is 25.6. The molecule has 0 radical (unpaired) electrons. The second-order valence-electron chi connectivity index (χ2n) is 8.82. The van der Waals surface area contributed by atoms with Crippen LogP contribution in [0.5, 0.6) is 0 Å². The third-order valence-electron chi connectivity index (χ3n) is 6.14. The number of hydrazone groups is 1. The number of nitrogens with one attached hydrogen (secondary N) is 1. The van der Waals surface area contributed by atoms with Gasteiger partial charge in [-0.1, -0.05) is 17.7 Å². The maximum absolute atomic E-state index is 13.2. The number of nitrogens with zero attached hydrogens (tertiary/aromatic N) is 2. The van der Waals surface area contributed by atoms with E-state index in [1.807, 2.05) is 6.26 Å². The summed E-state index contributed by atoms with van der Waals surface area (Å²) in [6.07, 6.45) is -6.32. The lowest BCUT2D eigenvalue weighted by molar-refractivity contribution is -0.138. The van der Waals surface area contributed by atoms with E-state index < -0.39 is 39.8 Å². The molecule has 0 saturated heterocycles. The zero-order valence-corrected chi connectivity index (χ0v) is 21.9. The van der Waals surface area contributed by atoms with Crippen molar-refractivity contribution in [1.82, 2.24) is 5.01 Å². The van der Waals surface area contributed by atoms with Crippen molar-refractivity contribution in [1.29, 1.82) is 0 Å². The summed E-state index contributed by atoms with van der Waals surface area (Å²) in [5.74, 6) is -0.134.